The van der Waals surface area contributed by atoms with Crippen LogP contribution in [0.4, 0.5) is 0 Å². The van der Waals surface area contributed by atoms with Gasteiger partial charge in [0, 0.05) is 11.3 Å². The fraction of sp³-hybridized carbons (Fsp3) is 0.400. The van der Waals surface area contributed by atoms with Gasteiger partial charge in [-0.1, -0.05) is 12.2 Å². The number of carbonyl (C=O) groups is 1. The van der Waals surface area contributed by atoms with Gasteiger partial charge in [0.2, 0.25) is 0 Å². The second kappa shape index (κ2) is 5.69. The van der Waals surface area contributed by atoms with Crippen molar-refractivity contribution in [3.8, 4) is 0 Å². The summed E-state index contributed by atoms with van der Waals surface area (Å²) in [5, 5.41) is 0. The topological polar surface area (TPSA) is 83.8 Å². The number of esters is 1. The number of carbonyl (C=O) groups excluding carboxylic acids is 1. The van der Waals surface area contributed by atoms with E-state index in [2.05, 4.69) is 0 Å². The van der Waals surface area contributed by atoms with Gasteiger partial charge in [-0.3, -0.25) is 4.57 Å². The third kappa shape index (κ3) is 4.52. The van der Waals surface area contributed by atoms with Crippen molar-refractivity contribution >= 4 is 30.6 Å². The first-order chi connectivity index (χ1) is 7.83. The summed E-state index contributed by atoms with van der Waals surface area (Å²) in [6, 6.07) is 0. The number of hydrogen-bond donors (Lipinski definition) is 2. The highest BCUT2D eigenvalue weighted by Crippen LogP contribution is 2.39. The highest BCUT2D eigenvalue weighted by Gasteiger charge is 2.24. The second-order valence-electron chi connectivity index (χ2n) is 3.54. The van der Waals surface area contributed by atoms with E-state index in [1.165, 1.54) is 6.08 Å². The quantitative estimate of drug-likeness (QED) is 0.458. The van der Waals surface area contributed by atoms with Gasteiger partial charge < -0.3 is 14.5 Å². The average molecular weight is 276 g/mol. The van der Waals surface area contributed by atoms with Crippen LogP contribution in [0.25, 0.3) is 0 Å². The summed E-state index contributed by atoms with van der Waals surface area (Å²) in [6.07, 6.45) is 2.77. The van der Waals surface area contributed by atoms with Crippen molar-refractivity contribution in [3.05, 3.63) is 23.3 Å². The van der Waals surface area contributed by atoms with Crippen LogP contribution in [-0.2, 0) is 14.1 Å². The first kappa shape index (κ1) is 14.3. The van der Waals surface area contributed by atoms with Crippen molar-refractivity contribution in [1.82, 2.24) is 0 Å². The number of ether oxygens (including phenoxy) is 1. The Balaban J connectivity index is 3.03. The molecule has 2 N–H and O–H groups in total. The normalized spacial score (nSPS) is 16.3. The Labute approximate surface area is 104 Å². The monoisotopic (exact) mass is 276 g/mol. The molecule has 1 rings (SSSR count). The second-order valence-corrected chi connectivity index (χ2v) is 5.71. The molecule has 0 radical (unpaired) electrons. The van der Waals surface area contributed by atoms with Gasteiger partial charge in [0.05, 0.1) is 18.3 Å². The van der Waals surface area contributed by atoms with Crippen molar-refractivity contribution in [3.63, 3.8) is 0 Å². The molecule has 5 nitrogen and oxygen atoms in total. The molecule has 0 aliphatic heterocycles. The van der Waals surface area contributed by atoms with Crippen molar-refractivity contribution in [2.45, 2.75) is 13.3 Å². The zero-order chi connectivity index (χ0) is 13.1. The van der Waals surface area contributed by atoms with Gasteiger partial charge in [-0.25, -0.2) is 4.79 Å². The average Bonchev–Trinajstić information content (AvgIpc) is 2.15. The Kier molecular flexibility index (Phi) is 4.77. The highest BCUT2D eigenvalue weighted by atomic mass is 32.1. The number of hydrogen-bond acceptors (Lipinski definition) is 4. The Bertz CT molecular complexity index is 446. The van der Waals surface area contributed by atoms with Crippen LogP contribution in [0.1, 0.15) is 13.3 Å². The predicted octanol–water partition coefficient (Wildman–Crippen LogP) is 1.35. The van der Waals surface area contributed by atoms with Crippen LogP contribution in [0, 0.1) is 0 Å². The van der Waals surface area contributed by atoms with Crippen LogP contribution < -0.4 is 0 Å². The first-order valence-corrected chi connectivity index (χ1v) is 7.18. The van der Waals surface area contributed by atoms with Crippen LogP contribution in [0.15, 0.2) is 23.3 Å². The molecular weight excluding hydrogens is 263 g/mol. The van der Waals surface area contributed by atoms with Crippen LogP contribution in [-0.4, -0.2) is 33.4 Å². The van der Waals surface area contributed by atoms with Gasteiger partial charge in [0.25, 0.3) is 0 Å². The van der Waals surface area contributed by atoms with E-state index in [1.807, 2.05) is 0 Å². The van der Waals surface area contributed by atoms with Crippen molar-refractivity contribution < 1.29 is 23.9 Å². The zero-order valence-corrected chi connectivity index (χ0v) is 11.0. The predicted molar refractivity (Wildman–Crippen MR) is 66.9 cm³/mol. The molecule has 1 aliphatic carbocycles. The van der Waals surface area contributed by atoms with Crippen molar-refractivity contribution in [2.24, 2.45) is 0 Å². The molecule has 0 saturated heterocycles. The highest BCUT2D eigenvalue weighted by molar-refractivity contribution is 7.80. The number of thiocarbonyl (C=S) groups is 1. The number of allylic oxidation sites excluding steroid dienone is 2. The minimum atomic E-state index is -4.22. The van der Waals surface area contributed by atoms with E-state index in [0.717, 1.165) is 0 Å². The molecule has 0 heterocycles. The van der Waals surface area contributed by atoms with E-state index >= 15 is 0 Å². The van der Waals surface area contributed by atoms with E-state index in [9.17, 15) is 9.36 Å². The molecule has 17 heavy (non-hydrogen) atoms. The summed E-state index contributed by atoms with van der Waals surface area (Å²) in [7, 11) is -4.22. The minimum Gasteiger partial charge on any atom is -0.462 e. The first-order valence-electron chi connectivity index (χ1n) is 4.98. The van der Waals surface area contributed by atoms with Crippen LogP contribution in [0.3, 0.4) is 0 Å². The van der Waals surface area contributed by atoms with Crippen molar-refractivity contribution in [2.75, 3.05) is 12.8 Å². The van der Waals surface area contributed by atoms with Gasteiger partial charge in [-0.05, 0) is 24.6 Å². The summed E-state index contributed by atoms with van der Waals surface area (Å²) in [5.41, 5.74) is 0.535. The van der Waals surface area contributed by atoms with Crippen molar-refractivity contribution in [1.29, 1.82) is 0 Å². The molecule has 0 saturated carbocycles. The van der Waals surface area contributed by atoms with E-state index < -0.39 is 19.7 Å². The Hall–Kier alpha value is -0.810. The molecule has 0 spiro atoms. The standard InChI is InChI=1S/C10H13O5PS/c1-2-15-10(11)9-4-3-8(17)5-7(9)6-16(12,13)14/h3-4H,2,5-6H2,1H3,(H2,12,13,14). The summed E-state index contributed by atoms with van der Waals surface area (Å²) in [6.45, 7) is 1.88. The third-order valence-corrected chi connectivity index (χ3v) is 3.17. The van der Waals surface area contributed by atoms with Crippen LogP contribution >= 0.6 is 19.8 Å². The zero-order valence-electron chi connectivity index (χ0n) is 9.25. The molecular formula is C10H13O5PS. The van der Waals surface area contributed by atoms with Crippen LogP contribution in [0.2, 0.25) is 0 Å². The SMILES string of the molecule is CCOC(=O)C1=C(CP(=O)(O)O)CC(=S)C=C1. The largest absolute Gasteiger partial charge is 0.462 e. The minimum absolute atomic E-state index is 0.198. The third-order valence-electron chi connectivity index (χ3n) is 2.10. The lowest BCUT2D eigenvalue weighted by atomic mass is 9.99. The maximum atomic E-state index is 11.6. The lowest BCUT2D eigenvalue weighted by Gasteiger charge is -2.16. The van der Waals surface area contributed by atoms with E-state index in [1.54, 1.807) is 13.0 Å². The Morgan fingerprint density at radius 3 is 2.71 bits per heavy atom. The lowest BCUT2D eigenvalue weighted by Crippen LogP contribution is -2.15. The van der Waals surface area contributed by atoms with Gasteiger partial charge in [0.1, 0.15) is 0 Å². The van der Waals surface area contributed by atoms with Crippen LogP contribution in [0.5, 0.6) is 0 Å². The van der Waals surface area contributed by atoms with Gasteiger partial charge in [0.15, 0.2) is 0 Å². The molecule has 0 aromatic heterocycles. The molecule has 0 amide bonds. The van der Waals surface area contributed by atoms with Gasteiger partial charge in [-0.2, -0.15) is 0 Å². The fourth-order valence-electron chi connectivity index (χ4n) is 1.47. The molecule has 0 fully saturated rings. The van der Waals surface area contributed by atoms with E-state index in [4.69, 9.17) is 26.7 Å². The summed E-state index contributed by atoms with van der Waals surface area (Å²) in [4.78, 5) is 30.0. The molecule has 0 aromatic rings. The Morgan fingerprint density at radius 2 is 2.18 bits per heavy atom. The molecule has 0 atom stereocenters. The van der Waals surface area contributed by atoms with E-state index in [0.29, 0.717) is 10.4 Å². The van der Waals surface area contributed by atoms with Gasteiger partial charge in [-0.15, -0.1) is 0 Å². The molecule has 0 aromatic carbocycles. The molecule has 0 bridgehead atoms. The molecule has 0 unspecified atom stereocenters. The Morgan fingerprint density at radius 1 is 1.53 bits per heavy atom. The van der Waals surface area contributed by atoms with Gasteiger partial charge >= 0.3 is 13.6 Å². The lowest BCUT2D eigenvalue weighted by molar-refractivity contribution is -0.138. The summed E-state index contributed by atoms with van der Waals surface area (Å²) >= 11 is 4.95. The molecule has 7 heteroatoms. The number of rotatable bonds is 4. The fourth-order valence-corrected chi connectivity index (χ4v) is 2.49. The summed E-state index contributed by atoms with van der Waals surface area (Å²) in [5.74, 6) is -0.574. The smallest absolute Gasteiger partial charge is 0.338 e. The van der Waals surface area contributed by atoms with E-state index in [-0.39, 0.29) is 18.6 Å². The maximum absolute atomic E-state index is 11.6. The maximum Gasteiger partial charge on any atom is 0.338 e. The summed E-state index contributed by atoms with van der Waals surface area (Å²) < 4.78 is 15.8. The molecule has 1 aliphatic rings. The molecule has 94 valence electrons.